The molecule has 1 unspecified atom stereocenters. The molecule has 3 nitrogen and oxygen atoms in total. The van der Waals surface area contributed by atoms with Crippen LogP contribution >= 0.6 is 11.3 Å². The van der Waals surface area contributed by atoms with Gasteiger partial charge in [-0.05, 0) is 46.8 Å². The summed E-state index contributed by atoms with van der Waals surface area (Å²) >= 11 is 1.83. The standard InChI is InChI=1S/C13H23N3S/c1-9(8-11-7-6-10(2)17-11)15-12(14)16-13(3,4)5/h6-7,9H,8H2,1-5H3,(H3,14,15,16). The van der Waals surface area contributed by atoms with Gasteiger partial charge in [-0.15, -0.1) is 11.3 Å². The Morgan fingerprint density at radius 1 is 1.47 bits per heavy atom. The maximum Gasteiger partial charge on any atom is 0.189 e. The Morgan fingerprint density at radius 2 is 2.12 bits per heavy atom. The van der Waals surface area contributed by atoms with E-state index in [1.165, 1.54) is 9.75 Å². The Morgan fingerprint density at radius 3 is 2.59 bits per heavy atom. The second kappa shape index (κ2) is 5.54. The highest BCUT2D eigenvalue weighted by molar-refractivity contribution is 7.11. The number of aryl methyl sites for hydroxylation is 1. The fraction of sp³-hybridized carbons (Fsp3) is 0.615. The molecule has 0 spiro atoms. The zero-order chi connectivity index (χ0) is 13.1. The first-order valence-electron chi connectivity index (χ1n) is 5.93. The molecular weight excluding hydrogens is 230 g/mol. The third-order valence-electron chi connectivity index (χ3n) is 2.16. The highest BCUT2D eigenvalue weighted by atomic mass is 32.1. The zero-order valence-corrected chi connectivity index (χ0v) is 12.2. The van der Waals surface area contributed by atoms with Gasteiger partial charge in [0, 0.05) is 21.7 Å². The molecule has 0 saturated heterocycles. The van der Waals surface area contributed by atoms with Gasteiger partial charge in [0.15, 0.2) is 5.96 Å². The molecule has 0 aromatic carbocycles. The lowest BCUT2D eigenvalue weighted by Gasteiger charge is -2.21. The van der Waals surface area contributed by atoms with Crippen molar-refractivity contribution in [2.45, 2.75) is 52.6 Å². The monoisotopic (exact) mass is 253 g/mol. The highest BCUT2D eigenvalue weighted by Gasteiger charge is 2.11. The largest absolute Gasteiger partial charge is 0.370 e. The van der Waals surface area contributed by atoms with E-state index in [1.54, 1.807) is 0 Å². The molecule has 1 heterocycles. The first-order valence-corrected chi connectivity index (χ1v) is 6.75. The van der Waals surface area contributed by atoms with E-state index in [0.717, 1.165) is 6.42 Å². The molecule has 4 heteroatoms. The lowest BCUT2D eigenvalue weighted by molar-refractivity contribution is 0.506. The summed E-state index contributed by atoms with van der Waals surface area (Å²) in [6, 6.07) is 4.52. The van der Waals surface area contributed by atoms with Crippen molar-refractivity contribution in [3.8, 4) is 0 Å². The Balaban J connectivity index is 2.53. The van der Waals surface area contributed by atoms with E-state index in [2.05, 4.69) is 57.1 Å². The molecule has 0 amide bonds. The van der Waals surface area contributed by atoms with E-state index in [9.17, 15) is 0 Å². The molecule has 1 rings (SSSR count). The number of hydrogen-bond acceptors (Lipinski definition) is 2. The summed E-state index contributed by atoms with van der Waals surface area (Å²) in [5, 5.41) is 3.17. The minimum absolute atomic E-state index is 0.0349. The van der Waals surface area contributed by atoms with Crippen LogP contribution < -0.4 is 11.1 Å². The number of rotatable bonds is 3. The summed E-state index contributed by atoms with van der Waals surface area (Å²) in [6.45, 7) is 10.4. The average molecular weight is 253 g/mol. The summed E-state index contributed by atoms with van der Waals surface area (Å²) in [5.41, 5.74) is 5.83. The molecule has 0 radical (unpaired) electrons. The first-order chi connectivity index (χ1) is 7.76. The molecule has 1 aromatic rings. The Bertz CT molecular complexity index is 388. The molecule has 17 heavy (non-hydrogen) atoms. The summed E-state index contributed by atoms with van der Waals surface area (Å²) in [5.74, 6) is 0.526. The molecule has 0 bridgehead atoms. The van der Waals surface area contributed by atoms with Crippen molar-refractivity contribution in [1.82, 2.24) is 5.32 Å². The van der Waals surface area contributed by atoms with Gasteiger partial charge < -0.3 is 11.1 Å². The van der Waals surface area contributed by atoms with Crippen molar-refractivity contribution in [1.29, 1.82) is 0 Å². The predicted octanol–water partition coefficient (Wildman–Crippen LogP) is 2.69. The van der Waals surface area contributed by atoms with Crippen LogP contribution in [0.15, 0.2) is 17.1 Å². The van der Waals surface area contributed by atoms with Gasteiger partial charge in [0.1, 0.15) is 0 Å². The van der Waals surface area contributed by atoms with Crippen molar-refractivity contribution in [3.05, 3.63) is 21.9 Å². The SMILES string of the molecule is Cc1ccc(CC(C)N=C(N)NC(C)(C)C)s1. The predicted molar refractivity (Wildman–Crippen MR) is 76.7 cm³/mol. The summed E-state index contributed by atoms with van der Waals surface area (Å²) < 4.78 is 0. The number of thiophene rings is 1. The van der Waals surface area contributed by atoms with Crippen molar-refractivity contribution < 1.29 is 0 Å². The molecule has 96 valence electrons. The number of guanidine groups is 1. The number of nitrogens with one attached hydrogen (secondary N) is 1. The van der Waals surface area contributed by atoms with Gasteiger partial charge in [-0.3, -0.25) is 4.99 Å². The molecule has 0 aliphatic rings. The Hall–Kier alpha value is -1.03. The van der Waals surface area contributed by atoms with E-state index >= 15 is 0 Å². The third kappa shape index (κ3) is 5.73. The van der Waals surface area contributed by atoms with Crippen molar-refractivity contribution in [2.75, 3.05) is 0 Å². The fourth-order valence-electron chi connectivity index (χ4n) is 1.59. The highest BCUT2D eigenvalue weighted by Crippen LogP contribution is 2.17. The minimum atomic E-state index is -0.0349. The number of aliphatic imine (C=N–C) groups is 1. The van der Waals surface area contributed by atoms with Crippen molar-refractivity contribution >= 4 is 17.3 Å². The minimum Gasteiger partial charge on any atom is -0.370 e. The maximum atomic E-state index is 5.86. The Kier molecular flexibility index (Phi) is 4.57. The van der Waals surface area contributed by atoms with E-state index in [4.69, 9.17) is 5.73 Å². The molecule has 3 N–H and O–H groups in total. The van der Waals surface area contributed by atoms with Gasteiger partial charge in [-0.25, -0.2) is 0 Å². The van der Waals surface area contributed by atoms with Gasteiger partial charge in [0.05, 0.1) is 6.04 Å². The van der Waals surface area contributed by atoms with Gasteiger partial charge >= 0.3 is 0 Å². The van der Waals surface area contributed by atoms with Crippen LogP contribution in [-0.4, -0.2) is 17.5 Å². The zero-order valence-electron chi connectivity index (χ0n) is 11.4. The molecular formula is C13H23N3S. The molecule has 0 aliphatic carbocycles. The first kappa shape index (κ1) is 14.0. The third-order valence-corrected chi connectivity index (χ3v) is 3.18. The molecule has 1 atom stereocenters. The summed E-state index contributed by atoms with van der Waals surface area (Å²) in [6.07, 6.45) is 0.949. The molecule has 1 aromatic heterocycles. The second-order valence-corrected chi connectivity index (χ2v) is 6.83. The van der Waals surface area contributed by atoms with Crippen LogP contribution in [0.4, 0.5) is 0 Å². The van der Waals surface area contributed by atoms with Crippen LogP contribution in [0.2, 0.25) is 0 Å². The van der Waals surface area contributed by atoms with E-state index in [-0.39, 0.29) is 11.6 Å². The lowest BCUT2D eigenvalue weighted by Crippen LogP contribution is -2.45. The van der Waals surface area contributed by atoms with Gasteiger partial charge in [-0.1, -0.05) is 0 Å². The van der Waals surface area contributed by atoms with Crippen LogP contribution in [0, 0.1) is 6.92 Å². The second-order valence-electron chi connectivity index (χ2n) is 5.45. The van der Waals surface area contributed by atoms with Crippen LogP contribution in [0.3, 0.4) is 0 Å². The smallest absolute Gasteiger partial charge is 0.189 e. The van der Waals surface area contributed by atoms with E-state index in [0.29, 0.717) is 5.96 Å². The van der Waals surface area contributed by atoms with Crippen LogP contribution in [0.25, 0.3) is 0 Å². The topological polar surface area (TPSA) is 50.4 Å². The van der Waals surface area contributed by atoms with Gasteiger partial charge in [0.25, 0.3) is 0 Å². The quantitative estimate of drug-likeness (QED) is 0.643. The molecule has 0 fully saturated rings. The van der Waals surface area contributed by atoms with Gasteiger partial charge in [0.2, 0.25) is 0 Å². The fourth-order valence-corrected chi connectivity index (χ4v) is 2.60. The van der Waals surface area contributed by atoms with Crippen molar-refractivity contribution in [2.24, 2.45) is 10.7 Å². The van der Waals surface area contributed by atoms with Crippen molar-refractivity contribution in [3.63, 3.8) is 0 Å². The number of hydrogen-bond donors (Lipinski definition) is 2. The summed E-state index contributed by atoms with van der Waals surface area (Å²) in [4.78, 5) is 7.16. The van der Waals surface area contributed by atoms with Crippen LogP contribution in [-0.2, 0) is 6.42 Å². The van der Waals surface area contributed by atoms with Crippen LogP contribution in [0.1, 0.15) is 37.4 Å². The number of nitrogens with zero attached hydrogens (tertiary/aromatic N) is 1. The molecule has 0 saturated carbocycles. The molecule has 0 aliphatic heterocycles. The lowest BCUT2D eigenvalue weighted by atomic mass is 10.1. The number of nitrogens with two attached hydrogens (primary N) is 1. The van der Waals surface area contributed by atoms with E-state index < -0.39 is 0 Å². The summed E-state index contributed by atoms with van der Waals surface area (Å²) in [7, 11) is 0. The average Bonchev–Trinajstić information content (AvgIpc) is 2.46. The van der Waals surface area contributed by atoms with Crippen LogP contribution in [0.5, 0.6) is 0 Å². The maximum absolute atomic E-state index is 5.86. The normalized spacial score (nSPS) is 14.8. The Labute approximate surface area is 108 Å². The van der Waals surface area contributed by atoms with E-state index in [1.807, 2.05) is 11.3 Å². The van der Waals surface area contributed by atoms with Gasteiger partial charge in [-0.2, -0.15) is 0 Å².